The minimum atomic E-state index is -1.16. The van der Waals surface area contributed by atoms with E-state index in [4.69, 9.17) is 4.03 Å². The monoisotopic (exact) mass is 360 g/mol. The van der Waals surface area contributed by atoms with Crippen molar-refractivity contribution in [2.24, 2.45) is 0 Å². The molecule has 3 nitrogen and oxygen atoms in total. The van der Waals surface area contributed by atoms with Crippen LogP contribution in [0.5, 0.6) is 0 Å². The van der Waals surface area contributed by atoms with E-state index >= 15 is 0 Å². The predicted molar refractivity (Wildman–Crippen MR) is 65.6 cm³/mol. The molecular weight excluding hydrogens is 337 g/mol. The van der Waals surface area contributed by atoms with Crippen LogP contribution in [0.3, 0.4) is 0 Å². The zero-order valence-electron chi connectivity index (χ0n) is 10.7. The summed E-state index contributed by atoms with van der Waals surface area (Å²) in [6, 6.07) is 1.64. The fourth-order valence-corrected chi connectivity index (χ4v) is 2.22. The first-order valence-corrected chi connectivity index (χ1v) is 7.46. The molecule has 0 atom stereocenters. The second-order valence-electron chi connectivity index (χ2n) is 3.62. The number of rotatable bonds is 7. The molecule has 1 rings (SSSR count). The minimum absolute atomic E-state index is 0.156. The molecule has 0 aromatic carbocycles. The summed E-state index contributed by atoms with van der Waals surface area (Å²) >= 11 is 0.362. The van der Waals surface area contributed by atoms with E-state index in [0.717, 1.165) is 13.0 Å². The Labute approximate surface area is 116 Å². The van der Waals surface area contributed by atoms with Crippen molar-refractivity contribution in [3.05, 3.63) is 21.8 Å². The van der Waals surface area contributed by atoms with Gasteiger partial charge in [-0.15, -0.1) is 0 Å². The number of aromatic nitrogens is 1. The van der Waals surface area contributed by atoms with Gasteiger partial charge in [0, 0.05) is 18.0 Å². The van der Waals surface area contributed by atoms with Gasteiger partial charge in [-0.3, -0.25) is 8.75 Å². The number of hydrogen-bond donors (Lipinski definition) is 1. The van der Waals surface area contributed by atoms with Crippen LogP contribution in [0.4, 0.5) is 0 Å². The fourth-order valence-electron chi connectivity index (χ4n) is 1.50. The maximum atomic E-state index is 11.2. The Morgan fingerprint density at radius 1 is 1.44 bits per heavy atom. The Morgan fingerprint density at radius 3 is 2.62 bits per heavy atom. The van der Waals surface area contributed by atoms with Crippen LogP contribution in [0.1, 0.15) is 45.4 Å². The zero-order valence-corrected chi connectivity index (χ0v) is 12.7. The summed E-state index contributed by atoms with van der Waals surface area (Å²) in [6.07, 6.45) is 7.70. The van der Waals surface area contributed by atoms with Gasteiger partial charge in [0.2, 0.25) is 0 Å². The topological polar surface area (TPSA) is 42.2 Å². The van der Waals surface area contributed by atoms with E-state index in [9.17, 15) is 4.79 Å². The molecule has 1 heterocycles. The van der Waals surface area contributed by atoms with Gasteiger partial charge in [-0.1, -0.05) is 50.6 Å². The van der Waals surface area contributed by atoms with Crippen molar-refractivity contribution in [1.29, 1.82) is 0.594 Å². The standard InChI is InChI=1S/C11H19NOS.H2IO/c1-2-3-4-5-6-7-9-12-11(13)8-10-14-12;1-2/h8,10H,2-7,9H2,1H3;1-2H/q;-1/i;1T. The molecular formula is C11H21INO2S-. The Morgan fingerprint density at radius 2 is 2.06 bits per heavy atom. The van der Waals surface area contributed by atoms with Crippen LogP contribution in [0.2, 0.25) is 0 Å². The Bertz CT molecular complexity index is 316. The molecule has 96 valence electrons. The first kappa shape index (κ1) is 14.2. The first-order chi connectivity index (χ1) is 8.26. The van der Waals surface area contributed by atoms with Gasteiger partial charge in [-0.05, 0) is 6.42 Å². The molecule has 0 aliphatic rings. The molecule has 16 heavy (non-hydrogen) atoms. The van der Waals surface area contributed by atoms with E-state index < -0.39 is 22.8 Å². The summed E-state index contributed by atoms with van der Waals surface area (Å²) < 4.78 is 15.1. The van der Waals surface area contributed by atoms with E-state index in [-0.39, 0.29) is 5.56 Å². The fraction of sp³-hybridized carbons (Fsp3) is 0.727. The quantitative estimate of drug-likeness (QED) is 0.524. The first-order valence-electron chi connectivity index (χ1n) is 6.04. The van der Waals surface area contributed by atoms with Gasteiger partial charge >= 0.3 is 26.8 Å². The molecule has 0 saturated heterocycles. The number of hydrogen-bond acceptors (Lipinski definition) is 3. The summed E-state index contributed by atoms with van der Waals surface area (Å²) in [7, 11) is 0. The van der Waals surface area contributed by atoms with Crippen LogP contribution in [-0.2, 0) is 6.54 Å². The molecule has 0 radical (unpaired) electrons. The maximum absolute atomic E-state index is 11.2. The van der Waals surface area contributed by atoms with Crippen molar-refractivity contribution in [3.8, 4) is 0 Å². The van der Waals surface area contributed by atoms with Crippen LogP contribution in [0.25, 0.3) is 0 Å². The van der Waals surface area contributed by atoms with Crippen LogP contribution < -0.4 is 28.4 Å². The molecule has 0 amide bonds. The average molecular weight is 360 g/mol. The SMILES string of the molecule is CCCCCCCCn1sccc1=O.[3H][I-]O. The van der Waals surface area contributed by atoms with E-state index in [1.54, 1.807) is 6.07 Å². The van der Waals surface area contributed by atoms with Crippen LogP contribution in [0.15, 0.2) is 16.2 Å². The Hall–Kier alpha value is 0.120. The van der Waals surface area contributed by atoms with Crippen LogP contribution in [-0.4, -0.2) is 7.99 Å². The molecule has 5 heteroatoms. The number of nitrogens with zero attached hydrogens (tertiary/aromatic N) is 1. The number of aryl methyl sites for hydroxylation is 1. The van der Waals surface area contributed by atoms with Crippen molar-refractivity contribution in [3.63, 3.8) is 0 Å². The zero-order chi connectivity index (χ0) is 12.9. The molecule has 0 aliphatic heterocycles. The van der Waals surface area contributed by atoms with Crippen LogP contribution >= 0.6 is 11.5 Å². The van der Waals surface area contributed by atoms with Gasteiger partial charge in [0.15, 0.2) is 0 Å². The van der Waals surface area contributed by atoms with Gasteiger partial charge in [0.05, 0.1) is 0 Å². The van der Waals surface area contributed by atoms with Crippen molar-refractivity contribution in [2.75, 3.05) is 0 Å². The van der Waals surface area contributed by atoms with Gasteiger partial charge in [-0.2, -0.15) is 0 Å². The molecule has 0 saturated carbocycles. The van der Waals surface area contributed by atoms with Gasteiger partial charge in [0.25, 0.3) is 5.56 Å². The Kier molecular flexibility index (Phi) is 10.3. The third-order valence-electron chi connectivity index (χ3n) is 2.36. The second-order valence-corrected chi connectivity index (χ2v) is 4.54. The van der Waals surface area contributed by atoms with E-state index in [2.05, 4.69) is 6.92 Å². The van der Waals surface area contributed by atoms with Crippen molar-refractivity contribution < 1.29 is 26.2 Å². The number of unbranched alkanes of at least 4 members (excludes halogenated alkanes) is 5. The number of halogens is 1. The van der Waals surface area contributed by atoms with E-state index in [1.807, 2.05) is 9.34 Å². The van der Waals surface area contributed by atoms with Crippen molar-refractivity contribution in [1.82, 2.24) is 3.96 Å². The van der Waals surface area contributed by atoms with Crippen molar-refractivity contribution in [2.45, 2.75) is 52.0 Å². The van der Waals surface area contributed by atoms with Crippen molar-refractivity contribution >= 4 is 11.5 Å². The van der Waals surface area contributed by atoms with Gasteiger partial charge in [0.1, 0.15) is 0 Å². The summed E-state index contributed by atoms with van der Waals surface area (Å²) in [5.74, 6) is 0. The van der Waals surface area contributed by atoms with E-state index in [1.165, 1.54) is 43.6 Å². The Balaban J connectivity index is 0.000000770. The third-order valence-corrected chi connectivity index (χ3v) is 3.23. The molecule has 0 bridgehead atoms. The summed E-state index contributed by atoms with van der Waals surface area (Å²) in [6.45, 7) is 3.13. The summed E-state index contributed by atoms with van der Waals surface area (Å²) in [4.78, 5) is 11.2. The van der Waals surface area contributed by atoms with Gasteiger partial charge in [-0.25, -0.2) is 0 Å². The third kappa shape index (κ3) is 7.40. The summed E-state index contributed by atoms with van der Waals surface area (Å²) in [5.41, 5.74) is 0.156. The molecule has 0 unspecified atom stereocenters. The van der Waals surface area contributed by atoms with Crippen LogP contribution in [0, 0.1) is 0 Å². The molecule has 0 spiro atoms. The predicted octanol–water partition coefficient (Wildman–Crippen LogP) is -0.550. The molecule has 1 aromatic rings. The molecule has 0 aliphatic carbocycles. The normalized spacial score (nSPS) is 10.8. The second kappa shape index (κ2) is 11.6. The summed E-state index contributed by atoms with van der Waals surface area (Å²) in [5, 5.41) is 1.86. The van der Waals surface area contributed by atoms with E-state index in [0.29, 0.717) is 0 Å². The molecule has 0 fully saturated rings. The average Bonchev–Trinajstić information content (AvgIpc) is 2.71. The molecule has 1 aromatic heterocycles. The van der Waals surface area contributed by atoms with Gasteiger partial charge < -0.3 is 0 Å². The molecule has 1 N–H and O–H groups in total.